The van der Waals surface area contributed by atoms with Crippen molar-refractivity contribution < 1.29 is 9.52 Å². The van der Waals surface area contributed by atoms with Gasteiger partial charge < -0.3 is 14.8 Å². The molecule has 86 valence electrons. The van der Waals surface area contributed by atoms with Crippen LogP contribution < -0.4 is 5.32 Å². The third-order valence-corrected chi connectivity index (χ3v) is 3.07. The third kappa shape index (κ3) is 2.07. The first kappa shape index (κ1) is 11.5. The molecule has 0 aliphatic carbocycles. The lowest BCUT2D eigenvalue weighted by Gasteiger charge is -2.20. The monoisotopic (exact) mass is 239 g/mol. The number of fused-ring (bicyclic) bond motifs is 1. The highest BCUT2D eigenvalue weighted by atomic mass is 35.5. The number of likely N-dealkylation sites (N-methyl/N-ethyl adjacent to an activating group) is 1. The van der Waals surface area contributed by atoms with E-state index in [0.29, 0.717) is 5.88 Å². The second-order valence-corrected chi connectivity index (χ2v) is 4.02. The molecule has 2 N–H and O–H groups in total. The van der Waals surface area contributed by atoms with E-state index < -0.39 is 6.10 Å². The van der Waals surface area contributed by atoms with E-state index in [-0.39, 0.29) is 6.04 Å². The van der Waals surface area contributed by atoms with Gasteiger partial charge in [0.15, 0.2) is 0 Å². The first-order chi connectivity index (χ1) is 7.76. The predicted octanol–water partition coefficient (Wildman–Crippen LogP) is 2.29. The molecule has 1 aromatic heterocycles. The van der Waals surface area contributed by atoms with E-state index in [1.807, 2.05) is 24.3 Å². The summed E-state index contributed by atoms with van der Waals surface area (Å²) in [5.41, 5.74) is 1.59. The molecule has 16 heavy (non-hydrogen) atoms. The van der Waals surface area contributed by atoms with Crippen LogP contribution in [-0.4, -0.2) is 24.1 Å². The summed E-state index contributed by atoms with van der Waals surface area (Å²) in [7, 11) is 1.78. The van der Waals surface area contributed by atoms with Crippen molar-refractivity contribution in [3.63, 3.8) is 0 Å². The highest BCUT2D eigenvalue weighted by Gasteiger charge is 2.18. The Hall–Kier alpha value is -1.03. The van der Waals surface area contributed by atoms with Gasteiger partial charge in [-0.05, 0) is 24.7 Å². The summed E-state index contributed by atoms with van der Waals surface area (Å²) in [4.78, 5) is 0. The van der Waals surface area contributed by atoms with Crippen molar-refractivity contribution in [3.8, 4) is 0 Å². The number of aliphatic hydroxyl groups excluding tert-OH is 1. The van der Waals surface area contributed by atoms with Gasteiger partial charge in [0, 0.05) is 11.3 Å². The molecule has 0 aliphatic rings. The first-order valence-corrected chi connectivity index (χ1v) is 5.68. The quantitative estimate of drug-likeness (QED) is 0.805. The highest BCUT2D eigenvalue weighted by Crippen LogP contribution is 2.23. The Labute approximate surface area is 99.0 Å². The van der Waals surface area contributed by atoms with E-state index in [1.54, 1.807) is 13.3 Å². The summed E-state index contributed by atoms with van der Waals surface area (Å²) < 4.78 is 5.29. The maximum Gasteiger partial charge on any atom is 0.134 e. The average Bonchev–Trinajstić information content (AvgIpc) is 2.77. The van der Waals surface area contributed by atoms with E-state index in [4.69, 9.17) is 16.0 Å². The molecule has 0 amide bonds. The molecule has 0 fully saturated rings. The van der Waals surface area contributed by atoms with Crippen molar-refractivity contribution in [2.24, 2.45) is 0 Å². The standard InChI is InChI=1S/C12H14ClNO2/c1-14-10(7-13)12(15)9-3-2-8-4-5-16-11(8)6-9/h2-6,10,12,14-15H,7H2,1H3. The van der Waals surface area contributed by atoms with Crippen LogP contribution in [0, 0.1) is 0 Å². The largest absolute Gasteiger partial charge is 0.464 e. The molecular weight excluding hydrogens is 226 g/mol. The number of hydrogen-bond acceptors (Lipinski definition) is 3. The van der Waals surface area contributed by atoms with E-state index in [2.05, 4.69) is 5.32 Å². The molecule has 0 saturated heterocycles. The van der Waals surface area contributed by atoms with Crippen LogP contribution in [0.1, 0.15) is 11.7 Å². The van der Waals surface area contributed by atoms with Gasteiger partial charge in [-0.15, -0.1) is 11.6 Å². The van der Waals surface area contributed by atoms with E-state index in [1.165, 1.54) is 0 Å². The van der Waals surface area contributed by atoms with Crippen LogP contribution in [0.2, 0.25) is 0 Å². The minimum Gasteiger partial charge on any atom is -0.464 e. The van der Waals surface area contributed by atoms with Crippen molar-refractivity contribution >= 4 is 22.6 Å². The number of aliphatic hydroxyl groups is 1. The molecule has 0 bridgehead atoms. The summed E-state index contributed by atoms with van der Waals surface area (Å²) in [6.45, 7) is 0. The number of benzene rings is 1. The average molecular weight is 240 g/mol. The fourth-order valence-electron chi connectivity index (χ4n) is 1.71. The zero-order chi connectivity index (χ0) is 11.5. The van der Waals surface area contributed by atoms with Crippen LogP contribution in [0.3, 0.4) is 0 Å². The molecular formula is C12H14ClNO2. The Balaban J connectivity index is 2.31. The SMILES string of the molecule is CNC(CCl)C(O)c1ccc2ccoc2c1. The summed E-state index contributed by atoms with van der Waals surface area (Å²) in [6.07, 6.45) is 1.01. The molecule has 0 aliphatic heterocycles. The number of furan rings is 1. The minimum atomic E-state index is -0.628. The Bertz CT molecular complexity index is 465. The van der Waals surface area contributed by atoms with Crippen LogP contribution in [0.15, 0.2) is 34.9 Å². The van der Waals surface area contributed by atoms with Crippen molar-refractivity contribution in [3.05, 3.63) is 36.1 Å². The Morgan fingerprint density at radius 3 is 2.94 bits per heavy atom. The van der Waals surface area contributed by atoms with Crippen LogP contribution in [-0.2, 0) is 0 Å². The Morgan fingerprint density at radius 2 is 2.25 bits per heavy atom. The minimum absolute atomic E-state index is 0.158. The Kier molecular flexibility index (Phi) is 3.49. The maximum absolute atomic E-state index is 10.1. The topological polar surface area (TPSA) is 45.4 Å². The normalized spacial score (nSPS) is 15.2. The highest BCUT2D eigenvalue weighted by molar-refractivity contribution is 6.18. The van der Waals surface area contributed by atoms with Crippen molar-refractivity contribution in [1.29, 1.82) is 0 Å². The number of nitrogens with one attached hydrogen (secondary N) is 1. The van der Waals surface area contributed by atoms with E-state index in [0.717, 1.165) is 16.5 Å². The number of halogens is 1. The van der Waals surface area contributed by atoms with Crippen LogP contribution in [0.4, 0.5) is 0 Å². The second-order valence-electron chi connectivity index (χ2n) is 3.71. The maximum atomic E-state index is 10.1. The van der Waals surface area contributed by atoms with Gasteiger partial charge >= 0.3 is 0 Å². The zero-order valence-corrected chi connectivity index (χ0v) is 9.74. The fraction of sp³-hybridized carbons (Fsp3) is 0.333. The molecule has 2 unspecified atom stereocenters. The second kappa shape index (κ2) is 4.87. The lowest BCUT2D eigenvalue weighted by molar-refractivity contribution is 0.141. The van der Waals surface area contributed by atoms with Gasteiger partial charge in [-0.2, -0.15) is 0 Å². The molecule has 0 radical (unpaired) electrons. The predicted molar refractivity (Wildman–Crippen MR) is 64.7 cm³/mol. The van der Waals surface area contributed by atoms with Crippen LogP contribution in [0.5, 0.6) is 0 Å². The zero-order valence-electron chi connectivity index (χ0n) is 8.98. The van der Waals surface area contributed by atoms with Gasteiger partial charge in [-0.3, -0.25) is 0 Å². The number of alkyl halides is 1. The third-order valence-electron chi connectivity index (χ3n) is 2.74. The van der Waals surface area contributed by atoms with Crippen LogP contribution >= 0.6 is 11.6 Å². The van der Waals surface area contributed by atoms with Crippen molar-refractivity contribution in [1.82, 2.24) is 5.32 Å². The molecule has 0 saturated carbocycles. The summed E-state index contributed by atoms with van der Waals surface area (Å²) in [5.74, 6) is 0.355. The molecule has 3 nitrogen and oxygen atoms in total. The summed E-state index contributed by atoms with van der Waals surface area (Å²) in [5, 5.41) is 14.1. The summed E-state index contributed by atoms with van der Waals surface area (Å²) in [6, 6.07) is 7.39. The van der Waals surface area contributed by atoms with Gasteiger partial charge in [-0.1, -0.05) is 12.1 Å². The summed E-state index contributed by atoms with van der Waals surface area (Å²) >= 11 is 5.76. The molecule has 2 aromatic rings. The van der Waals surface area contributed by atoms with Crippen molar-refractivity contribution in [2.75, 3.05) is 12.9 Å². The lowest BCUT2D eigenvalue weighted by Crippen LogP contribution is -2.33. The van der Waals surface area contributed by atoms with Gasteiger partial charge in [0.05, 0.1) is 18.4 Å². The Morgan fingerprint density at radius 1 is 1.44 bits per heavy atom. The lowest BCUT2D eigenvalue weighted by atomic mass is 10.0. The van der Waals surface area contributed by atoms with Crippen LogP contribution in [0.25, 0.3) is 11.0 Å². The fourth-order valence-corrected chi connectivity index (χ4v) is 2.03. The molecule has 1 aromatic carbocycles. The molecule has 4 heteroatoms. The smallest absolute Gasteiger partial charge is 0.134 e. The molecule has 2 rings (SSSR count). The van der Waals surface area contributed by atoms with Gasteiger partial charge in [0.1, 0.15) is 5.58 Å². The number of hydrogen-bond donors (Lipinski definition) is 2. The van der Waals surface area contributed by atoms with Gasteiger partial charge in [0.25, 0.3) is 0 Å². The van der Waals surface area contributed by atoms with E-state index >= 15 is 0 Å². The van der Waals surface area contributed by atoms with Crippen molar-refractivity contribution in [2.45, 2.75) is 12.1 Å². The van der Waals surface area contributed by atoms with E-state index in [9.17, 15) is 5.11 Å². The van der Waals surface area contributed by atoms with Gasteiger partial charge in [0.2, 0.25) is 0 Å². The molecule has 2 atom stereocenters. The van der Waals surface area contributed by atoms with Gasteiger partial charge in [-0.25, -0.2) is 0 Å². The number of rotatable bonds is 4. The first-order valence-electron chi connectivity index (χ1n) is 5.14. The molecule has 0 spiro atoms. The molecule has 1 heterocycles.